The molecule has 1 heterocycles. The van der Waals surface area contributed by atoms with Crippen molar-refractivity contribution in [2.45, 2.75) is 6.43 Å². The Hall–Kier alpha value is -0.970. The van der Waals surface area contributed by atoms with Gasteiger partial charge in [-0.25, -0.2) is 13.8 Å². The highest BCUT2D eigenvalue weighted by Gasteiger charge is 2.19. The molecule has 0 saturated carbocycles. The summed E-state index contributed by atoms with van der Waals surface area (Å²) in [4.78, 5) is 3.55. The van der Waals surface area contributed by atoms with Crippen LogP contribution in [0.5, 0.6) is 0 Å². The molecule has 0 spiro atoms. The van der Waals surface area contributed by atoms with Gasteiger partial charge in [0.2, 0.25) is 0 Å². The zero-order chi connectivity index (χ0) is 10.0. The minimum absolute atomic E-state index is 0.0944. The maximum Gasteiger partial charge on any atom is 0.268 e. The van der Waals surface area contributed by atoms with Crippen molar-refractivity contribution in [2.75, 3.05) is 5.73 Å². The standard InChI is InChI=1S/C7H4F2IN3/c8-6(9)5-3(1-11)4(10)2-13-7(5)12/h2,6H,(H2,12,13). The molecule has 0 unspecified atom stereocenters. The Morgan fingerprint density at radius 2 is 2.23 bits per heavy atom. The Labute approximate surface area is 86.7 Å². The van der Waals surface area contributed by atoms with E-state index in [4.69, 9.17) is 11.0 Å². The van der Waals surface area contributed by atoms with Crippen molar-refractivity contribution >= 4 is 28.4 Å². The second kappa shape index (κ2) is 3.83. The van der Waals surface area contributed by atoms with E-state index >= 15 is 0 Å². The van der Waals surface area contributed by atoms with Crippen molar-refractivity contribution in [3.05, 3.63) is 20.9 Å². The Kier molecular flexibility index (Phi) is 2.98. The lowest BCUT2D eigenvalue weighted by Crippen LogP contribution is -2.03. The molecule has 0 aliphatic carbocycles. The minimum atomic E-state index is -2.77. The van der Waals surface area contributed by atoms with E-state index in [-0.39, 0.29) is 11.4 Å². The van der Waals surface area contributed by atoms with Crippen LogP contribution in [-0.2, 0) is 0 Å². The van der Waals surface area contributed by atoms with Crippen LogP contribution in [0.15, 0.2) is 6.20 Å². The third-order valence-electron chi connectivity index (χ3n) is 1.43. The maximum atomic E-state index is 12.4. The largest absolute Gasteiger partial charge is 0.383 e. The summed E-state index contributed by atoms with van der Waals surface area (Å²) >= 11 is 1.76. The smallest absolute Gasteiger partial charge is 0.268 e. The highest BCUT2D eigenvalue weighted by atomic mass is 127. The minimum Gasteiger partial charge on any atom is -0.383 e. The Morgan fingerprint density at radius 1 is 1.62 bits per heavy atom. The molecule has 0 saturated heterocycles. The number of aromatic nitrogens is 1. The fourth-order valence-electron chi connectivity index (χ4n) is 0.852. The summed E-state index contributed by atoms with van der Waals surface area (Å²) in [5, 5.41) is 8.60. The van der Waals surface area contributed by atoms with Gasteiger partial charge in [0.15, 0.2) is 0 Å². The molecule has 0 fully saturated rings. The van der Waals surface area contributed by atoms with Gasteiger partial charge < -0.3 is 5.73 Å². The van der Waals surface area contributed by atoms with E-state index in [0.717, 1.165) is 0 Å². The fourth-order valence-corrected chi connectivity index (χ4v) is 1.40. The number of alkyl halides is 2. The molecular weight excluding hydrogens is 291 g/mol. The van der Waals surface area contributed by atoms with Crippen LogP contribution in [0.4, 0.5) is 14.6 Å². The van der Waals surface area contributed by atoms with Crippen LogP contribution >= 0.6 is 22.6 Å². The SMILES string of the molecule is N#Cc1c(I)cnc(N)c1C(F)F. The number of nitrogen functional groups attached to an aromatic ring is 1. The van der Waals surface area contributed by atoms with Crippen LogP contribution in [-0.4, -0.2) is 4.98 Å². The lowest BCUT2D eigenvalue weighted by atomic mass is 10.1. The van der Waals surface area contributed by atoms with E-state index < -0.39 is 12.0 Å². The van der Waals surface area contributed by atoms with Crippen molar-refractivity contribution in [2.24, 2.45) is 0 Å². The molecule has 0 radical (unpaired) electrons. The van der Waals surface area contributed by atoms with Crippen molar-refractivity contribution in [1.29, 1.82) is 5.26 Å². The first kappa shape index (κ1) is 10.1. The Balaban J connectivity index is 3.46. The first-order valence-electron chi connectivity index (χ1n) is 3.20. The number of pyridine rings is 1. The van der Waals surface area contributed by atoms with E-state index in [1.807, 2.05) is 0 Å². The predicted octanol–water partition coefficient (Wildman–Crippen LogP) is 2.08. The number of nitrogens with two attached hydrogens (primary N) is 1. The second-order valence-corrected chi connectivity index (χ2v) is 3.35. The van der Waals surface area contributed by atoms with Gasteiger partial charge in [-0.3, -0.25) is 0 Å². The second-order valence-electron chi connectivity index (χ2n) is 2.19. The summed E-state index contributed by atoms with van der Waals surface area (Å²) in [6.07, 6.45) is -1.47. The van der Waals surface area contributed by atoms with Gasteiger partial charge in [0.05, 0.1) is 11.1 Å². The van der Waals surface area contributed by atoms with Crippen LogP contribution in [0.1, 0.15) is 17.6 Å². The summed E-state index contributed by atoms with van der Waals surface area (Å²) in [5.74, 6) is -0.285. The van der Waals surface area contributed by atoms with Gasteiger partial charge in [-0.1, -0.05) is 0 Å². The third kappa shape index (κ3) is 1.85. The fraction of sp³-hybridized carbons (Fsp3) is 0.143. The van der Waals surface area contributed by atoms with E-state index in [9.17, 15) is 8.78 Å². The van der Waals surface area contributed by atoms with Gasteiger partial charge in [-0.15, -0.1) is 0 Å². The van der Waals surface area contributed by atoms with Crippen LogP contribution in [0.25, 0.3) is 0 Å². The van der Waals surface area contributed by atoms with Crippen LogP contribution < -0.4 is 5.73 Å². The molecule has 0 aromatic carbocycles. The number of nitriles is 1. The summed E-state index contributed by atoms with van der Waals surface area (Å²) in [6.45, 7) is 0. The number of hydrogen-bond donors (Lipinski definition) is 1. The van der Waals surface area contributed by atoms with Crippen molar-refractivity contribution in [3.63, 3.8) is 0 Å². The number of halogens is 3. The van der Waals surface area contributed by atoms with E-state index in [2.05, 4.69) is 4.98 Å². The molecule has 0 aliphatic rings. The van der Waals surface area contributed by atoms with Gasteiger partial charge in [0.1, 0.15) is 11.9 Å². The number of rotatable bonds is 1. The summed E-state index contributed by atoms with van der Waals surface area (Å²) in [7, 11) is 0. The van der Waals surface area contributed by atoms with Crippen LogP contribution in [0, 0.1) is 14.9 Å². The van der Waals surface area contributed by atoms with Crippen molar-refractivity contribution in [3.8, 4) is 6.07 Å². The molecule has 1 rings (SSSR count). The Bertz CT molecular complexity index is 373. The van der Waals surface area contributed by atoms with Gasteiger partial charge >= 0.3 is 0 Å². The van der Waals surface area contributed by atoms with E-state index in [0.29, 0.717) is 3.57 Å². The molecule has 0 atom stereocenters. The number of hydrogen-bond acceptors (Lipinski definition) is 3. The third-order valence-corrected chi connectivity index (χ3v) is 2.25. The van der Waals surface area contributed by atoms with Gasteiger partial charge in [-0.2, -0.15) is 5.26 Å². The number of anilines is 1. The molecular formula is C7H4F2IN3. The predicted molar refractivity (Wildman–Crippen MR) is 51.0 cm³/mol. The summed E-state index contributed by atoms with van der Waals surface area (Å²) in [5.41, 5.74) is 4.65. The first-order valence-corrected chi connectivity index (χ1v) is 4.28. The zero-order valence-corrected chi connectivity index (χ0v) is 8.42. The molecule has 6 heteroatoms. The van der Waals surface area contributed by atoms with E-state index in [1.54, 1.807) is 28.7 Å². The topological polar surface area (TPSA) is 62.7 Å². The lowest BCUT2D eigenvalue weighted by Gasteiger charge is -2.06. The van der Waals surface area contributed by atoms with Crippen LogP contribution in [0.3, 0.4) is 0 Å². The molecule has 0 bridgehead atoms. The Morgan fingerprint density at radius 3 is 2.62 bits per heavy atom. The highest BCUT2D eigenvalue weighted by Crippen LogP contribution is 2.29. The molecule has 13 heavy (non-hydrogen) atoms. The molecule has 1 aromatic rings. The van der Waals surface area contributed by atoms with Crippen molar-refractivity contribution < 1.29 is 8.78 Å². The number of nitrogens with zero attached hydrogens (tertiary/aromatic N) is 2. The average Bonchev–Trinajstić information content (AvgIpc) is 2.07. The summed E-state index contributed by atoms with van der Waals surface area (Å²) < 4.78 is 25.1. The highest BCUT2D eigenvalue weighted by molar-refractivity contribution is 14.1. The first-order chi connectivity index (χ1) is 6.07. The molecule has 3 nitrogen and oxygen atoms in total. The lowest BCUT2D eigenvalue weighted by molar-refractivity contribution is 0.151. The summed E-state index contributed by atoms with van der Waals surface area (Å²) in [6, 6.07) is 1.68. The molecule has 0 aliphatic heterocycles. The van der Waals surface area contributed by atoms with Crippen molar-refractivity contribution in [1.82, 2.24) is 4.98 Å². The molecule has 0 amide bonds. The molecule has 1 aromatic heterocycles. The molecule has 2 N–H and O–H groups in total. The molecule has 68 valence electrons. The average molecular weight is 295 g/mol. The quantitative estimate of drug-likeness (QED) is 0.807. The van der Waals surface area contributed by atoms with E-state index in [1.165, 1.54) is 6.20 Å². The maximum absolute atomic E-state index is 12.4. The zero-order valence-electron chi connectivity index (χ0n) is 6.26. The van der Waals surface area contributed by atoms with Gasteiger partial charge in [0, 0.05) is 9.77 Å². The van der Waals surface area contributed by atoms with Gasteiger partial charge in [-0.05, 0) is 22.6 Å². The monoisotopic (exact) mass is 295 g/mol. The van der Waals surface area contributed by atoms with Crippen LogP contribution in [0.2, 0.25) is 0 Å². The van der Waals surface area contributed by atoms with Gasteiger partial charge in [0.25, 0.3) is 6.43 Å². The normalized spacial score (nSPS) is 10.1.